The Labute approximate surface area is 188 Å². The average Bonchev–Trinajstić information content (AvgIpc) is 3.29. The highest BCUT2D eigenvalue weighted by Gasteiger charge is 2.54. The highest BCUT2D eigenvalue weighted by Crippen LogP contribution is 2.59. The number of piperidine rings is 1. The standard InChI is InChI=1S/C26H26N4O2/c27-15-19-3-1-2-18(10-19)11-24(31)30-8-5-26(6-9-30)14-23(26)17-29-25(32)21-12-20-4-7-28-16-22(20)13-21/h1-4,7,10,13,16,23H,5-6,8-9,11-12,14,17H2,(H,29,32). The number of nitriles is 1. The van der Waals surface area contributed by atoms with Crippen molar-refractivity contribution in [1.82, 2.24) is 15.2 Å². The summed E-state index contributed by atoms with van der Waals surface area (Å²) in [7, 11) is 0. The molecule has 2 aromatic rings. The molecular formula is C26H26N4O2. The van der Waals surface area contributed by atoms with Crippen LogP contribution in [0, 0.1) is 22.7 Å². The fraction of sp³-hybridized carbons (Fsp3) is 0.385. The van der Waals surface area contributed by atoms with Gasteiger partial charge in [0.25, 0.3) is 0 Å². The molecule has 2 amide bonds. The molecule has 1 aromatic carbocycles. The number of rotatable bonds is 5. The quantitative estimate of drug-likeness (QED) is 0.797. The predicted octanol–water partition coefficient (Wildman–Crippen LogP) is 2.88. The van der Waals surface area contributed by atoms with Crippen LogP contribution in [0.15, 0.2) is 48.3 Å². The molecule has 1 N–H and O–H groups in total. The van der Waals surface area contributed by atoms with E-state index in [9.17, 15) is 9.59 Å². The van der Waals surface area contributed by atoms with E-state index in [0.29, 0.717) is 30.9 Å². The van der Waals surface area contributed by atoms with E-state index in [0.717, 1.165) is 54.6 Å². The molecule has 1 aromatic heterocycles. The first-order chi connectivity index (χ1) is 15.6. The molecule has 5 rings (SSSR count). The smallest absolute Gasteiger partial charge is 0.247 e. The van der Waals surface area contributed by atoms with E-state index in [1.165, 1.54) is 0 Å². The van der Waals surface area contributed by atoms with Gasteiger partial charge in [0.15, 0.2) is 0 Å². The largest absolute Gasteiger partial charge is 0.352 e. The third kappa shape index (κ3) is 4.03. The molecular weight excluding hydrogens is 400 g/mol. The first-order valence-electron chi connectivity index (χ1n) is 11.2. The molecule has 1 atom stereocenters. The number of nitrogens with one attached hydrogen (secondary N) is 1. The number of amides is 2. The number of fused-ring (bicyclic) bond motifs is 1. The molecule has 162 valence electrons. The average molecular weight is 427 g/mol. The Hall–Kier alpha value is -3.46. The lowest BCUT2D eigenvalue weighted by molar-refractivity contribution is -0.132. The second-order valence-electron chi connectivity index (χ2n) is 9.26. The third-order valence-electron chi connectivity index (χ3n) is 7.34. The Morgan fingerprint density at radius 2 is 2.09 bits per heavy atom. The molecule has 0 radical (unpaired) electrons. The zero-order valence-corrected chi connectivity index (χ0v) is 18.0. The summed E-state index contributed by atoms with van der Waals surface area (Å²) in [6.45, 7) is 2.25. The number of hydrogen-bond donors (Lipinski definition) is 1. The van der Waals surface area contributed by atoms with Crippen LogP contribution >= 0.6 is 0 Å². The van der Waals surface area contributed by atoms with Gasteiger partial charge in [-0.1, -0.05) is 12.1 Å². The Balaban J connectivity index is 1.08. The molecule has 1 unspecified atom stereocenters. The van der Waals surface area contributed by atoms with Crippen LogP contribution < -0.4 is 5.32 Å². The first-order valence-corrected chi connectivity index (χ1v) is 11.2. The maximum atomic E-state index is 12.7. The Bertz CT molecular complexity index is 1140. The van der Waals surface area contributed by atoms with Crippen molar-refractivity contribution in [2.75, 3.05) is 19.6 Å². The molecule has 3 aliphatic rings. The summed E-state index contributed by atoms with van der Waals surface area (Å²) in [5.74, 6) is 0.653. The SMILES string of the molecule is N#Cc1cccc(CC(=O)N2CCC3(CC2)CC3CNC(=O)C2=Cc3cnccc3C2)c1. The molecule has 1 spiro atoms. The van der Waals surface area contributed by atoms with E-state index in [1.807, 2.05) is 29.2 Å². The van der Waals surface area contributed by atoms with Gasteiger partial charge in [-0.15, -0.1) is 0 Å². The zero-order valence-electron chi connectivity index (χ0n) is 18.0. The number of carbonyl (C=O) groups excluding carboxylic acids is 2. The summed E-state index contributed by atoms with van der Waals surface area (Å²) in [6.07, 6.45) is 9.65. The van der Waals surface area contributed by atoms with Gasteiger partial charge in [0.1, 0.15) is 0 Å². The summed E-state index contributed by atoms with van der Waals surface area (Å²) < 4.78 is 0. The molecule has 2 heterocycles. The second-order valence-corrected chi connectivity index (χ2v) is 9.26. The first kappa shape index (κ1) is 20.4. The van der Waals surface area contributed by atoms with Crippen molar-refractivity contribution in [1.29, 1.82) is 5.26 Å². The molecule has 2 fully saturated rings. The number of pyridine rings is 1. The summed E-state index contributed by atoms with van der Waals surface area (Å²) in [4.78, 5) is 31.4. The molecule has 0 bridgehead atoms. The minimum absolute atomic E-state index is 0.0236. The van der Waals surface area contributed by atoms with Gasteiger partial charge in [0.2, 0.25) is 11.8 Å². The lowest BCUT2D eigenvalue weighted by Crippen LogP contribution is -2.41. The van der Waals surface area contributed by atoms with Gasteiger partial charge in [-0.2, -0.15) is 5.26 Å². The number of benzene rings is 1. The number of aromatic nitrogens is 1. The lowest BCUT2D eigenvalue weighted by Gasteiger charge is -2.33. The van der Waals surface area contributed by atoms with Crippen molar-refractivity contribution in [3.8, 4) is 6.07 Å². The molecule has 1 saturated heterocycles. The summed E-state index contributed by atoms with van der Waals surface area (Å²) in [6, 6.07) is 11.4. The van der Waals surface area contributed by atoms with E-state index in [1.54, 1.807) is 24.5 Å². The number of nitrogens with zero attached hydrogens (tertiary/aromatic N) is 3. The summed E-state index contributed by atoms with van der Waals surface area (Å²) in [5.41, 5.74) is 4.76. The van der Waals surface area contributed by atoms with Crippen LogP contribution in [0.25, 0.3) is 6.08 Å². The van der Waals surface area contributed by atoms with E-state index >= 15 is 0 Å². The van der Waals surface area contributed by atoms with E-state index < -0.39 is 0 Å². The van der Waals surface area contributed by atoms with Crippen molar-refractivity contribution < 1.29 is 9.59 Å². The number of hydrogen-bond acceptors (Lipinski definition) is 4. The summed E-state index contributed by atoms with van der Waals surface area (Å²) in [5, 5.41) is 12.2. The van der Waals surface area contributed by atoms with Crippen LogP contribution in [0.5, 0.6) is 0 Å². The monoisotopic (exact) mass is 426 g/mol. The maximum absolute atomic E-state index is 12.7. The van der Waals surface area contributed by atoms with Gasteiger partial charge in [-0.3, -0.25) is 14.6 Å². The van der Waals surface area contributed by atoms with Crippen LogP contribution in [0.4, 0.5) is 0 Å². The highest BCUT2D eigenvalue weighted by molar-refractivity contribution is 6.00. The van der Waals surface area contributed by atoms with Gasteiger partial charge in [0.05, 0.1) is 18.1 Å². The van der Waals surface area contributed by atoms with Crippen LogP contribution in [-0.4, -0.2) is 41.3 Å². The van der Waals surface area contributed by atoms with Crippen molar-refractivity contribution >= 4 is 17.9 Å². The van der Waals surface area contributed by atoms with E-state index in [-0.39, 0.29) is 17.2 Å². The lowest BCUT2D eigenvalue weighted by atomic mass is 9.90. The van der Waals surface area contributed by atoms with Gasteiger partial charge in [-0.25, -0.2) is 0 Å². The fourth-order valence-electron chi connectivity index (χ4n) is 5.22. The number of likely N-dealkylation sites (tertiary alicyclic amines) is 1. The fourth-order valence-corrected chi connectivity index (χ4v) is 5.22. The molecule has 6 nitrogen and oxygen atoms in total. The zero-order chi connectivity index (χ0) is 22.1. The molecule has 32 heavy (non-hydrogen) atoms. The van der Waals surface area contributed by atoms with Crippen molar-refractivity contribution in [3.63, 3.8) is 0 Å². The Kier molecular flexibility index (Phi) is 5.26. The minimum atomic E-state index is 0.0236. The Morgan fingerprint density at radius 3 is 2.88 bits per heavy atom. The normalized spacial score (nSPS) is 20.3. The van der Waals surface area contributed by atoms with Crippen molar-refractivity contribution in [2.24, 2.45) is 11.3 Å². The Morgan fingerprint density at radius 1 is 1.25 bits per heavy atom. The van der Waals surface area contributed by atoms with Gasteiger partial charge >= 0.3 is 0 Å². The number of carbonyl (C=O) groups is 2. The van der Waals surface area contributed by atoms with E-state index in [4.69, 9.17) is 5.26 Å². The van der Waals surface area contributed by atoms with Gasteiger partial charge in [-0.05, 0) is 71.6 Å². The van der Waals surface area contributed by atoms with Crippen LogP contribution in [0.1, 0.15) is 41.5 Å². The van der Waals surface area contributed by atoms with Gasteiger partial charge < -0.3 is 10.2 Å². The highest BCUT2D eigenvalue weighted by atomic mass is 16.2. The maximum Gasteiger partial charge on any atom is 0.247 e. The van der Waals surface area contributed by atoms with Crippen LogP contribution in [0.3, 0.4) is 0 Å². The van der Waals surface area contributed by atoms with Gasteiger partial charge in [0, 0.05) is 44.0 Å². The van der Waals surface area contributed by atoms with Crippen LogP contribution in [-0.2, 0) is 22.4 Å². The predicted molar refractivity (Wildman–Crippen MR) is 120 cm³/mol. The second kappa shape index (κ2) is 8.23. The topological polar surface area (TPSA) is 86.1 Å². The van der Waals surface area contributed by atoms with E-state index in [2.05, 4.69) is 16.4 Å². The molecule has 1 aliphatic heterocycles. The third-order valence-corrected chi connectivity index (χ3v) is 7.34. The summed E-state index contributed by atoms with van der Waals surface area (Å²) >= 11 is 0. The molecule has 6 heteroatoms. The van der Waals surface area contributed by atoms with Crippen LogP contribution in [0.2, 0.25) is 0 Å². The van der Waals surface area contributed by atoms with Crippen molar-refractivity contribution in [3.05, 3.63) is 70.6 Å². The molecule has 1 saturated carbocycles. The van der Waals surface area contributed by atoms with Crippen molar-refractivity contribution in [2.45, 2.75) is 32.1 Å². The molecule has 2 aliphatic carbocycles. The minimum Gasteiger partial charge on any atom is -0.352 e.